The van der Waals surface area contributed by atoms with Crippen LogP contribution in [0.2, 0.25) is 0 Å². The average molecular weight is 385 g/mol. The maximum atomic E-state index is 5.50. The molecule has 27 heavy (non-hydrogen) atoms. The molecule has 6 nitrogen and oxygen atoms in total. The number of nitrogens with zero attached hydrogens (tertiary/aromatic N) is 3. The van der Waals surface area contributed by atoms with Gasteiger partial charge in [-0.2, -0.15) is 0 Å². The van der Waals surface area contributed by atoms with Crippen LogP contribution in [0.5, 0.6) is 17.2 Å². The summed E-state index contributed by atoms with van der Waals surface area (Å²) in [5, 5.41) is 1.02. The molecule has 2 aromatic carbocycles. The zero-order valence-corrected chi connectivity index (χ0v) is 16.6. The first-order chi connectivity index (χ1) is 13.2. The van der Waals surface area contributed by atoms with E-state index in [0.717, 1.165) is 58.8 Å². The number of thiazole rings is 1. The van der Waals surface area contributed by atoms with Gasteiger partial charge in [0, 0.05) is 31.9 Å². The molecule has 1 aliphatic heterocycles. The van der Waals surface area contributed by atoms with Gasteiger partial charge >= 0.3 is 0 Å². The molecule has 142 valence electrons. The van der Waals surface area contributed by atoms with E-state index in [-0.39, 0.29) is 0 Å². The molecule has 4 rings (SSSR count). The van der Waals surface area contributed by atoms with Crippen molar-refractivity contribution in [3.8, 4) is 17.2 Å². The Morgan fingerprint density at radius 3 is 2.04 bits per heavy atom. The molecular weight excluding hydrogens is 362 g/mol. The standard InChI is InChI=1S/C20H23N3O3S/c1-24-15-6-4-14(5-7-15)22-10-12-23(13-11-22)20-21-18-16(25-2)8-9-17(26-3)19(18)27-20/h4-9H,10-13H2,1-3H3. The van der Waals surface area contributed by atoms with E-state index < -0.39 is 0 Å². The lowest BCUT2D eigenvalue weighted by Crippen LogP contribution is -2.46. The van der Waals surface area contributed by atoms with Crippen molar-refractivity contribution in [2.75, 3.05) is 57.3 Å². The second-order valence-corrected chi connectivity index (χ2v) is 7.29. The molecule has 0 aliphatic carbocycles. The monoisotopic (exact) mass is 385 g/mol. The summed E-state index contributed by atoms with van der Waals surface area (Å²) in [6.07, 6.45) is 0. The van der Waals surface area contributed by atoms with Gasteiger partial charge in [-0.3, -0.25) is 0 Å². The Bertz CT molecular complexity index is 877. The van der Waals surface area contributed by atoms with Gasteiger partial charge in [-0.25, -0.2) is 4.98 Å². The van der Waals surface area contributed by atoms with E-state index >= 15 is 0 Å². The Hall–Kier alpha value is -2.67. The Morgan fingerprint density at radius 2 is 1.41 bits per heavy atom. The summed E-state index contributed by atoms with van der Waals surface area (Å²) in [5.74, 6) is 2.51. The number of aromatic nitrogens is 1. The Labute approximate surface area is 162 Å². The molecule has 7 heteroatoms. The second kappa shape index (κ2) is 7.52. The first-order valence-electron chi connectivity index (χ1n) is 8.89. The van der Waals surface area contributed by atoms with E-state index in [1.807, 2.05) is 24.3 Å². The fourth-order valence-electron chi connectivity index (χ4n) is 3.36. The molecule has 1 saturated heterocycles. The zero-order valence-electron chi connectivity index (χ0n) is 15.8. The highest BCUT2D eigenvalue weighted by molar-refractivity contribution is 7.22. The molecule has 3 aromatic rings. The second-order valence-electron chi connectivity index (χ2n) is 6.32. The average Bonchev–Trinajstić information content (AvgIpc) is 3.19. The number of rotatable bonds is 5. The van der Waals surface area contributed by atoms with Crippen LogP contribution in [0.3, 0.4) is 0 Å². The summed E-state index contributed by atoms with van der Waals surface area (Å²) < 4.78 is 17.2. The number of benzene rings is 2. The molecule has 0 amide bonds. The molecular formula is C20H23N3O3S. The molecule has 0 saturated carbocycles. The number of ether oxygens (including phenoxy) is 3. The third-order valence-corrected chi connectivity index (χ3v) is 6.02. The predicted octanol–water partition coefficient (Wildman–Crippen LogP) is 3.65. The lowest BCUT2D eigenvalue weighted by molar-refractivity contribution is 0.410. The smallest absolute Gasteiger partial charge is 0.186 e. The van der Waals surface area contributed by atoms with Crippen molar-refractivity contribution in [3.05, 3.63) is 36.4 Å². The molecule has 2 heterocycles. The fourth-order valence-corrected chi connectivity index (χ4v) is 4.48. The number of fused-ring (bicyclic) bond motifs is 1. The summed E-state index contributed by atoms with van der Waals surface area (Å²) in [5.41, 5.74) is 2.09. The molecule has 0 N–H and O–H groups in total. The molecule has 0 unspecified atom stereocenters. The fraction of sp³-hybridized carbons (Fsp3) is 0.350. The number of hydrogen-bond donors (Lipinski definition) is 0. The molecule has 0 bridgehead atoms. The molecule has 0 atom stereocenters. The Morgan fingerprint density at radius 1 is 0.778 bits per heavy atom. The minimum Gasteiger partial charge on any atom is -0.497 e. The van der Waals surface area contributed by atoms with Gasteiger partial charge in [-0.15, -0.1) is 0 Å². The highest BCUT2D eigenvalue weighted by Crippen LogP contribution is 2.40. The van der Waals surface area contributed by atoms with Crippen molar-refractivity contribution in [2.45, 2.75) is 0 Å². The van der Waals surface area contributed by atoms with Gasteiger partial charge in [0.1, 0.15) is 27.5 Å². The van der Waals surface area contributed by atoms with Crippen LogP contribution in [0.15, 0.2) is 36.4 Å². The van der Waals surface area contributed by atoms with Gasteiger partial charge in [0.2, 0.25) is 0 Å². The van der Waals surface area contributed by atoms with E-state index in [9.17, 15) is 0 Å². The zero-order chi connectivity index (χ0) is 18.8. The van der Waals surface area contributed by atoms with Crippen LogP contribution in [-0.2, 0) is 0 Å². The van der Waals surface area contributed by atoms with Crippen molar-refractivity contribution < 1.29 is 14.2 Å². The van der Waals surface area contributed by atoms with Crippen LogP contribution >= 0.6 is 11.3 Å². The predicted molar refractivity (Wildman–Crippen MR) is 110 cm³/mol. The van der Waals surface area contributed by atoms with Crippen LogP contribution in [0.1, 0.15) is 0 Å². The number of anilines is 2. The largest absolute Gasteiger partial charge is 0.497 e. The van der Waals surface area contributed by atoms with Crippen molar-refractivity contribution in [2.24, 2.45) is 0 Å². The van der Waals surface area contributed by atoms with Crippen LogP contribution in [0.25, 0.3) is 10.2 Å². The Balaban J connectivity index is 1.52. The molecule has 1 aromatic heterocycles. The molecule has 0 spiro atoms. The van der Waals surface area contributed by atoms with Gasteiger partial charge in [-0.05, 0) is 36.4 Å². The first kappa shape index (κ1) is 17.7. The van der Waals surface area contributed by atoms with Crippen molar-refractivity contribution >= 4 is 32.4 Å². The SMILES string of the molecule is COc1ccc(N2CCN(c3nc4c(OC)ccc(OC)c4s3)CC2)cc1. The Kier molecular flexibility index (Phi) is 4.94. The van der Waals surface area contributed by atoms with Crippen molar-refractivity contribution in [1.82, 2.24) is 4.98 Å². The maximum absolute atomic E-state index is 5.50. The molecule has 0 radical (unpaired) electrons. The molecule has 1 fully saturated rings. The highest BCUT2D eigenvalue weighted by atomic mass is 32.1. The van der Waals surface area contributed by atoms with Gasteiger partial charge < -0.3 is 24.0 Å². The van der Waals surface area contributed by atoms with Gasteiger partial charge in [-0.1, -0.05) is 11.3 Å². The lowest BCUT2D eigenvalue weighted by atomic mass is 10.2. The van der Waals surface area contributed by atoms with E-state index in [0.29, 0.717) is 0 Å². The van der Waals surface area contributed by atoms with Crippen LogP contribution in [0.4, 0.5) is 10.8 Å². The summed E-state index contributed by atoms with van der Waals surface area (Å²) in [6, 6.07) is 12.1. The minimum atomic E-state index is 0.783. The minimum absolute atomic E-state index is 0.783. The summed E-state index contributed by atoms with van der Waals surface area (Å²) in [6.45, 7) is 3.76. The van der Waals surface area contributed by atoms with E-state index in [1.165, 1.54) is 5.69 Å². The van der Waals surface area contributed by atoms with E-state index in [4.69, 9.17) is 19.2 Å². The third kappa shape index (κ3) is 3.35. The summed E-state index contributed by atoms with van der Waals surface area (Å²) >= 11 is 1.66. The summed E-state index contributed by atoms with van der Waals surface area (Å²) in [4.78, 5) is 9.57. The van der Waals surface area contributed by atoms with Crippen LogP contribution in [0, 0.1) is 0 Å². The van der Waals surface area contributed by atoms with Gasteiger partial charge in [0.15, 0.2) is 5.13 Å². The van der Waals surface area contributed by atoms with Crippen LogP contribution in [-0.4, -0.2) is 52.5 Å². The quantitative estimate of drug-likeness (QED) is 0.668. The lowest BCUT2D eigenvalue weighted by Gasteiger charge is -2.36. The van der Waals surface area contributed by atoms with E-state index in [2.05, 4.69) is 21.9 Å². The number of hydrogen-bond acceptors (Lipinski definition) is 7. The normalized spacial score (nSPS) is 14.5. The van der Waals surface area contributed by atoms with Gasteiger partial charge in [0.05, 0.1) is 21.3 Å². The maximum Gasteiger partial charge on any atom is 0.186 e. The third-order valence-electron chi connectivity index (χ3n) is 4.89. The van der Waals surface area contributed by atoms with Crippen molar-refractivity contribution in [3.63, 3.8) is 0 Å². The van der Waals surface area contributed by atoms with Crippen molar-refractivity contribution in [1.29, 1.82) is 0 Å². The van der Waals surface area contributed by atoms with Gasteiger partial charge in [0.25, 0.3) is 0 Å². The first-order valence-corrected chi connectivity index (χ1v) is 9.70. The summed E-state index contributed by atoms with van der Waals surface area (Å²) in [7, 11) is 5.05. The highest BCUT2D eigenvalue weighted by Gasteiger charge is 2.22. The number of piperazine rings is 1. The topological polar surface area (TPSA) is 47.1 Å². The number of methoxy groups -OCH3 is 3. The van der Waals surface area contributed by atoms with E-state index in [1.54, 1.807) is 32.7 Å². The van der Waals surface area contributed by atoms with Crippen LogP contribution < -0.4 is 24.0 Å². The molecule has 1 aliphatic rings.